The molecule has 1 fully saturated rings. The number of nitrogens with zero attached hydrogens (tertiary/aromatic N) is 2. The van der Waals surface area contributed by atoms with Gasteiger partial charge in [0.05, 0.1) is 4.92 Å². The molecule has 0 radical (unpaired) electrons. The standard InChI is InChI=1S/C15H22BrN3O2/c1-11(2)18-4-3-12(10-18)8-17-9-13-5-14(16)7-15(6-13)19(20)21/h5-7,11-12,17H,3-4,8-10H2,1-2H3. The van der Waals surface area contributed by atoms with E-state index in [9.17, 15) is 10.1 Å². The SMILES string of the molecule is CC(C)N1CCC(CNCc2cc(Br)cc([N+](=O)[O-])c2)C1. The van der Waals surface area contributed by atoms with Gasteiger partial charge in [0, 0.05) is 35.7 Å². The van der Waals surface area contributed by atoms with Gasteiger partial charge in [-0.1, -0.05) is 15.9 Å². The highest BCUT2D eigenvalue weighted by Crippen LogP contribution is 2.22. The predicted molar refractivity (Wildman–Crippen MR) is 87.3 cm³/mol. The third-order valence-corrected chi connectivity index (χ3v) is 4.42. The molecule has 1 heterocycles. The summed E-state index contributed by atoms with van der Waals surface area (Å²) in [6, 6.07) is 5.70. The number of rotatable bonds is 6. The number of nitro groups is 1. The first-order valence-electron chi connectivity index (χ1n) is 7.34. The number of benzene rings is 1. The molecule has 1 aromatic carbocycles. The largest absolute Gasteiger partial charge is 0.312 e. The maximum Gasteiger partial charge on any atom is 0.270 e. The van der Waals surface area contributed by atoms with Crippen LogP contribution < -0.4 is 5.32 Å². The van der Waals surface area contributed by atoms with Crippen LogP contribution in [0.15, 0.2) is 22.7 Å². The summed E-state index contributed by atoms with van der Waals surface area (Å²) in [5.41, 5.74) is 1.07. The molecule has 1 aliphatic heterocycles. The third-order valence-electron chi connectivity index (χ3n) is 3.96. The summed E-state index contributed by atoms with van der Waals surface area (Å²) in [6.45, 7) is 8.41. The van der Waals surface area contributed by atoms with E-state index in [-0.39, 0.29) is 10.6 Å². The molecule has 21 heavy (non-hydrogen) atoms. The van der Waals surface area contributed by atoms with E-state index in [1.165, 1.54) is 19.0 Å². The molecule has 1 N–H and O–H groups in total. The van der Waals surface area contributed by atoms with Crippen LogP contribution in [0.4, 0.5) is 5.69 Å². The summed E-state index contributed by atoms with van der Waals surface area (Å²) in [7, 11) is 0. The number of nitro benzene ring substituents is 1. The number of non-ortho nitro benzene ring substituents is 1. The number of halogens is 1. The van der Waals surface area contributed by atoms with Crippen molar-refractivity contribution < 1.29 is 4.92 Å². The van der Waals surface area contributed by atoms with Gasteiger partial charge in [0.25, 0.3) is 5.69 Å². The van der Waals surface area contributed by atoms with Crippen molar-refractivity contribution in [2.24, 2.45) is 5.92 Å². The highest BCUT2D eigenvalue weighted by molar-refractivity contribution is 9.10. The molecular formula is C15H22BrN3O2. The molecule has 1 aromatic rings. The van der Waals surface area contributed by atoms with Crippen molar-refractivity contribution in [2.75, 3.05) is 19.6 Å². The Morgan fingerprint density at radius 3 is 2.86 bits per heavy atom. The third kappa shape index (κ3) is 4.76. The second kappa shape index (κ2) is 7.33. The summed E-state index contributed by atoms with van der Waals surface area (Å²) < 4.78 is 0.750. The van der Waals surface area contributed by atoms with E-state index in [0.717, 1.165) is 23.1 Å². The minimum atomic E-state index is -0.355. The van der Waals surface area contributed by atoms with Crippen LogP contribution in [0.1, 0.15) is 25.8 Å². The quantitative estimate of drug-likeness (QED) is 0.628. The number of hydrogen-bond acceptors (Lipinski definition) is 4. The van der Waals surface area contributed by atoms with E-state index in [1.807, 2.05) is 6.07 Å². The van der Waals surface area contributed by atoms with Crippen LogP contribution >= 0.6 is 15.9 Å². The lowest BCUT2D eigenvalue weighted by Gasteiger charge is -2.20. The molecular weight excluding hydrogens is 334 g/mol. The zero-order valence-electron chi connectivity index (χ0n) is 12.5. The van der Waals surface area contributed by atoms with Crippen LogP contribution in [-0.4, -0.2) is 35.5 Å². The maximum atomic E-state index is 10.8. The Kier molecular flexibility index (Phi) is 5.72. The minimum absolute atomic E-state index is 0.132. The first-order chi connectivity index (χ1) is 9.95. The van der Waals surface area contributed by atoms with Crippen molar-refractivity contribution in [3.05, 3.63) is 38.3 Å². The van der Waals surface area contributed by atoms with Gasteiger partial charge in [-0.15, -0.1) is 0 Å². The van der Waals surface area contributed by atoms with Crippen LogP contribution in [-0.2, 0) is 6.54 Å². The van der Waals surface area contributed by atoms with Crippen LogP contribution in [0.25, 0.3) is 0 Å². The molecule has 0 spiro atoms. The summed E-state index contributed by atoms with van der Waals surface area (Å²) in [5, 5.41) is 14.3. The lowest BCUT2D eigenvalue weighted by Crippen LogP contribution is -2.30. The van der Waals surface area contributed by atoms with Gasteiger partial charge in [-0.3, -0.25) is 10.1 Å². The van der Waals surface area contributed by atoms with Gasteiger partial charge in [-0.2, -0.15) is 0 Å². The predicted octanol–water partition coefficient (Wildman–Crippen LogP) is 3.18. The molecule has 1 aliphatic rings. The zero-order valence-corrected chi connectivity index (χ0v) is 14.1. The molecule has 6 heteroatoms. The van der Waals surface area contributed by atoms with E-state index in [4.69, 9.17) is 0 Å². The number of likely N-dealkylation sites (tertiary alicyclic amines) is 1. The Hall–Kier alpha value is -0.980. The van der Waals surface area contributed by atoms with E-state index >= 15 is 0 Å². The molecule has 0 aromatic heterocycles. The summed E-state index contributed by atoms with van der Waals surface area (Å²) >= 11 is 3.32. The van der Waals surface area contributed by atoms with Crippen LogP contribution in [0.5, 0.6) is 0 Å². The lowest BCUT2D eigenvalue weighted by molar-refractivity contribution is -0.385. The molecule has 2 rings (SSSR count). The summed E-state index contributed by atoms with van der Waals surface area (Å²) in [4.78, 5) is 13.0. The Morgan fingerprint density at radius 2 is 2.24 bits per heavy atom. The van der Waals surface area contributed by atoms with Crippen LogP contribution in [0, 0.1) is 16.0 Å². The van der Waals surface area contributed by atoms with Gasteiger partial charge < -0.3 is 10.2 Å². The van der Waals surface area contributed by atoms with Gasteiger partial charge in [0.2, 0.25) is 0 Å². The van der Waals surface area contributed by atoms with Gasteiger partial charge in [-0.25, -0.2) is 0 Å². The first-order valence-corrected chi connectivity index (χ1v) is 8.13. The Balaban J connectivity index is 1.83. The Morgan fingerprint density at radius 1 is 1.48 bits per heavy atom. The number of hydrogen-bond donors (Lipinski definition) is 1. The fourth-order valence-electron chi connectivity index (χ4n) is 2.76. The van der Waals surface area contributed by atoms with Crippen molar-refractivity contribution in [1.29, 1.82) is 0 Å². The molecule has 0 amide bonds. The second-order valence-electron chi connectivity index (χ2n) is 5.95. The van der Waals surface area contributed by atoms with E-state index in [2.05, 4.69) is 40.0 Å². The average molecular weight is 356 g/mol. The first kappa shape index (κ1) is 16.4. The summed E-state index contributed by atoms with van der Waals surface area (Å²) in [6.07, 6.45) is 1.23. The smallest absolute Gasteiger partial charge is 0.270 e. The molecule has 0 bridgehead atoms. The molecule has 1 unspecified atom stereocenters. The molecule has 1 saturated heterocycles. The van der Waals surface area contributed by atoms with Gasteiger partial charge >= 0.3 is 0 Å². The fourth-order valence-corrected chi connectivity index (χ4v) is 3.29. The van der Waals surface area contributed by atoms with Gasteiger partial charge in [-0.05, 0) is 50.9 Å². The Labute approximate surface area is 134 Å². The van der Waals surface area contributed by atoms with Crippen molar-refractivity contribution in [2.45, 2.75) is 32.9 Å². The lowest BCUT2D eigenvalue weighted by atomic mass is 10.1. The number of nitrogens with one attached hydrogen (secondary N) is 1. The monoisotopic (exact) mass is 355 g/mol. The Bertz CT molecular complexity index is 508. The molecule has 1 atom stereocenters. The average Bonchev–Trinajstić information content (AvgIpc) is 2.87. The summed E-state index contributed by atoms with van der Waals surface area (Å²) in [5.74, 6) is 0.675. The van der Waals surface area contributed by atoms with Gasteiger partial charge in [0.1, 0.15) is 0 Å². The fraction of sp³-hybridized carbons (Fsp3) is 0.600. The molecule has 0 saturated carbocycles. The molecule has 116 valence electrons. The molecule has 0 aliphatic carbocycles. The second-order valence-corrected chi connectivity index (χ2v) is 6.86. The van der Waals surface area contributed by atoms with E-state index < -0.39 is 0 Å². The van der Waals surface area contributed by atoms with E-state index in [1.54, 1.807) is 6.07 Å². The highest BCUT2D eigenvalue weighted by atomic mass is 79.9. The topological polar surface area (TPSA) is 58.4 Å². The van der Waals surface area contributed by atoms with Crippen molar-refractivity contribution in [3.8, 4) is 0 Å². The van der Waals surface area contributed by atoms with E-state index in [0.29, 0.717) is 18.5 Å². The normalized spacial score (nSPS) is 19.3. The van der Waals surface area contributed by atoms with Crippen molar-refractivity contribution >= 4 is 21.6 Å². The zero-order chi connectivity index (χ0) is 15.4. The van der Waals surface area contributed by atoms with Crippen molar-refractivity contribution in [1.82, 2.24) is 10.2 Å². The van der Waals surface area contributed by atoms with Gasteiger partial charge in [0.15, 0.2) is 0 Å². The van der Waals surface area contributed by atoms with Crippen LogP contribution in [0.3, 0.4) is 0 Å². The molecule has 5 nitrogen and oxygen atoms in total. The maximum absolute atomic E-state index is 10.8. The van der Waals surface area contributed by atoms with Crippen molar-refractivity contribution in [3.63, 3.8) is 0 Å². The van der Waals surface area contributed by atoms with Crippen LogP contribution in [0.2, 0.25) is 0 Å². The highest BCUT2D eigenvalue weighted by Gasteiger charge is 2.23. The minimum Gasteiger partial charge on any atom is -0.312 e.